The van der Waals surface area contributed by atoms with Gasteiger partial charge in [0.25, 0.3) is 0 Å². The monoisotopic (exact) mass is 229 g/mol. The van der Waals surface area contributed by atoms with Crippen molar-refractivity contribution in [1.29, 1.82) is 0 Å². The lowest BCUT2D eigenvalue weighted by molar-refractivity contribution is 0.0695. The van der Waals surface area contributed by atoms with Crippen molar-refractivity contribution >= 4 is 16.0 Å². The van der Waals surface area contributed by atoms with Gasteiger partial charge in [-0.15, -0.1) is 0 Å². The molecule has 1 rings (SSSR count). The highest BCUT2D eigenvalue weighted by atomic mass is 32.2. The maximum atomic E-state index is 11.0. The highest BCUT2D eigenvalue weighted by Crippen LogP contribution is 2.15. The summed E-state index contributed by atoms with van der Waals surface area (Å²) in [4.78, 5) is 10.7. The Bertz CT molecular complexity index is 493. The number of carboxylic acid groups (broad SMARTS) is 1. The van der Waals surface area contributed by atoms with Crippen molar-refractivity contribution in [3.8, 4) is 0 Å². The third-order valence-corrected chi connectivity index (χ3v) is 2.93. The SMILES string of the molecule is CCc1cc(S(N)(=O)=O)ccc1C(=O)O. The van der Waals surface area contributed by atoms with Gasteiger partial charge in [-0.3, -0.25) is 0 Å². The first kappa shape index (κ1) is 11.7. The number of aromatic carboxylic acids is 1. The molecule has 5 nitrogen and oxygen atoms in total. The van der Waals surface area contributed by atoms with Crippen molar-refractivity contribution in [2.24, 2.45) is 5.14 Å². The van der Waals surface area contributed by atoms with E-state index in [0.717, 1.165) is 0 Å². The van der Waals surface area contributed by atoms with E-state index in [1.54, 1.807) is 6.92 Å². The van der Waals surface area contributed by atoms with Crippen LogP contribution >= 0.6 is 0 Å². The number of primary sulfonamides is 1. The van der Waals surface area contributed by atoms with Crippen molar-refractivity contribution in [3.63, 3.8) is 0 Å². The van der Waals surface area contributed by atoms with Gasteiger partial charge < -0.3 is 5.11 Å². The standard InChI is InChI=1S/C9H11NO4S/c1-2-6-5-7(15(10,13)14)3-4-8(6)9(11)12/h3-5H,2H2,1H3,(H,11,12)(H2,10,13,14). The number of rotatable bonds is 3. The molecule has 0 atom stereocenters. The predicted octanol–water partition coefficient (Wildman–Crippen LogP) is 0.595. The zero-order chi connectivity index (χ0) is 11.6. The van der Waals surface area contributed by atoms with Crippen LogP contribution < -0.4 is 5.14 Å². The van der Waals surface area contributed by atoms with Crippen LogP contribution in [0.15, 0.2) is 23.1 Å². The summed E-state index contributed by atoms with van der Waals surface area (Å²) in [5.74, 6) is -1.08. The lowest BCUT2D eigenvalue weighted by Crippen LogP contribution is -2.13. The molecule has 0 radical (unpaired) electrons. The first-order valence-electron chi connectivity index (χ1n) is 4.25. The van der Waals surface area contributed by atoms with E-state index < -0.39 is 16.0 Å². The van der Waals surface area contributed by atoms with E-state index in [-0.39, 0.29) is 10.5 Å². The van der Waals surface area contributed by atoms with E-state index in [1.165, 1.54) is 18.2 Å². The van der Waals surface area contributed by atoms with E-state index in [9.17, 15) is 13.2 Å². The number of aryl methyl sites for hydroxylation is 1. The Labute approximate surface area is 87.6 Å². The van der Waals surface area contributed by atoms with Crippen LogP contribution in [0.2, 0.25) is 0 Å². The average Bonchev–Trinajstić information content (AvgIpc) is 2.15. The van der Waals surface area contributed by atoms with Gasteiger partial charge in [-0.05, 0) is 30.2 Å². The molecule has 0 amide bonds. The summed E-state index contributed by atoms with van der Waals surface area (Å²) in [5, 5.41) is 13.7. The number of benzene rings is 1. The first-order chi connectivity index (χ1) is 6.86. The van der Waals surface area contributed by atoms with Gasteiger partial charge in [-0.25, -0.2) is 18.4 Å². The van der Waals surface area contributed by atoms with Crippen LogP contribution in [0.1, 0.15) is 22.8 Å². The van der Waals surface area contributed by atoms with Crippen LogP contribution in [0, 0.1) is 0 Å². The predicted molar refractivity (Wildman–Crippen MR) is 54.2 cm³/mol. The Kier molecular flexibility index (Phi) is 3.11. The van der Waals surface area contributed by atoms with E-state index in [0.29, 0.717) is 12.0 Å². The molecule has 0 aliphatic carbocycles. The zero-order valence-electron chi connectivity index (χ0n) is 8.10. The molecular weight excluding hydrogens is 218 g/mol. The second kappa shape index (κ2) is 4.00. The molecule has 0 aliphatic heterocycles. The molecule has 0 saturated heterocycles. The lowest BCUT2D eigenvalue weighted by atomic mass is 10.1. The topological polar surface area (TPSA) is 97.5 Å². The maximum Gasteiger partial charge on any atom is 0.335 e. The number of carboxylic acids is 1. The van der Waals surface area contributed by atoms with Gasteiger partial charge in [0.1, 0.15) is 0 Å². The highest BCUT2D eigenvalue weighted by Gasteiger charge is 2.13. The van der Waals surface area contributed by atoms with Crippen LogP contribution in [0.4, 0.5) is 0 Å². The summed E-state index contributed by atoms with van der Waals surface area (Å²) in [7, 11) is -3.77. The number of hydrogen-bond donors (Lipinski definition) is 2. The van der Waals surface area contributed by atoms with Crippen LogP contribution in [0.5, 0.6) is 0 Å². The van der Waals surface area contributed by atoms with Crippen molar-refractivity contribution in [1.82, 2.24) is 0 Å². The van der Waals surface area contributed by atoms with Gasteiger partial charge in [-0.1, -0.05) is 6.92 Å². The summed E-state index contributed by atoms with van der Waals surface area (Å²) < 4.78 is 22.0. The third-order valence-electron chi connectivity index (χ3n) is 2.02. The highest BCUT2D eigenvalue weighted by molar-refractivity contribution is 7.89. The minimum Gasteiger partial charge on any atom is -0.478 e. The van der Waals surface area contributed by atoms with Gasteiger partial charge in [0, 0.05) is 0 Å². The molecule has 1 aromatic rings. The molecule has 3 N–H and O–H groups in total. The molecule has 0 bridgehead atoms. The number of nitrogens with two attached hydrogens (primary N) is 1. The fraction of sp³-hybridized carbons (Fsp3) is 0.222. The van der Waals surface area contributed by atoms with Gasteiger partial charge in [0.15, 0.2) is 0 Å². The van der Waals surface area contributed by atoms with Gasteiger partial charge in [-0.2, -0.15) is 0 Å². The molecule has 0 unspecified atom stereocenters. The van der Waals surface area contributed by atoms with E-state index >= 15 is 0 Å². The molecule has 0 aliphatic rings. The number of hydrogen-bond acceptors (Lipinski definition) is 3. The molecule has 15 heavy (non-hydrogen) atoms. The molecule has 0 saturated carbocycles. The maximum absolute atomic E-state index is 11.0. The summed E-state index contributed by atoms with van der Waals surface area (Å²) in [6.45, 7) is 1.74. The van der Waals surface area contributed by atoms with Crippen LogP contribution in [-0.2, 0) is 16.4 Å². The molecule has 0 heterocycles. The Morgan fingerprint density at radius 2 is 2.07 bits per heavy atom. The second-order valence-corrected chi connectivity index (χ2v) is 4.58. The lowest BCUT2D eigenvalue weighted by Gasteiger charge is -2.05. The van der Waals surface area contributed by atoms with Gasteiger partial charge >= 0.3 is 5.97 Å². The van der Waals surface area contributed by atoms with E-state index in [1.807, 2.05) is 0 Å². The summed E-state index contributed by atoms with van der Waals surface area (Å²) in [5.41, 5.74) is 0.555. The molecule has 1 aromatic carbocycles. The summed E-state index contributed by atoms with van der Waals surface area (Å²) in [6, 6.07) is 3.73. The van der Waals surface area contributed by atoms with Crippen molar-refractivity contribution in [2.45, 2.75) is 18.2 Å². The minimum absolute atomic E-state index is 0.0654. The second-order valence-electron chi connectivity index (χ2n) is 3.02. The van der Waals surface area contributed by atoms with Gasteiger partial charge in [0.05, 0.1) is 10.5 Å². The first-order valence-corrected chi connectivity index (χ1v) is 5.80. The van der Waals surface area contributed by atoms with Crippen molar-refractivity contribution in [3.05, 3.63) is 29.3 Å². The van der Waals surface area contributed by atoms with Crippen LogP contribution in [-0.4, -0.2) is 19.5 Å². The number of carbonyl (C=O) groups is 1. The summed E-state index contributed by atoms with van der Waals surface area (Å²) >= 11 is 0. The zero-order valence-corrected chi connectivity index (χ0v) is 8.91. The number of sulfonamides is 1. The fourth-order valence-corrected chi connectivity index (χ4v) is 1.81. The largest absolute Gasteiger partial charge is 0.478 e. The Hall–Kier alpha value is -1.40. The Morgan fingerprint density at radius 3 is 2.47 bits per heavy atom. The van der Waals surface area contributed by atoms with Crippen LogP contribution in [0.3, 0.4) is 0 Å². The third kappa shape index (κ3) is 2.54. The molecule has 82 valence electrons. The fourth-order valence-electron chi connectivity index (χ4n) is 1.25. The normalized spacial score (nSPS) is 11.3. The quantitative estimate of drug-likeness (QED) is 0.792. The molecule has 0 spiro atoms. The molecule has 6 heteroatoms. The molecule has 0 aromatic heterocycles. The summed E-state index contributed by atoms with van der Waals surface area (Å²) in [6.07, 6.45) is 0.436. The smallest absolute Gasteiger partial charge is 0.335 e. The molecule has 0 fully saturated rings. The van der Waals surface area contributed by atoms with Crippen molar-refractivity contribution < 1.29 is 18.3 Å². The Balaban J connectivity index is 3.38. The van der Waals surface area contributed by atoms with Gasteiger partial charge in [0.2, 0.25) is 10.0 Å². The van der Waals surface area contributed by atoms with E-state index in [2.05, 4.69) is 0 Å². The van der Waals surface area contributed by atoms with Crippen LogP contribution in [0.25, 0.3) is 0 Å². The average molecular weight is 229 g/mol. The molecular formula is C9H11NO4S. The minimum atomic E-state index is -3.77. The Morgan fingerprint density at radius 1 is 1.47 bits per heavy atom. The van der Waals surface area contributed by atoms with E-state index in [4.69, 9.17) is 10.2 Å². The van der Waals surface area contributed by atoms with Crippen molar-refractivity contribution in [2.75, 3.05) is 0 Å².